The molecule has 2 fully saturated rings. The van der Waals surface area contributed by atoms with Crippen LogP contribution in [0.4, 0.5) is 11.6 Å². The van der Waals surface area contributed by atoms with Gasteiger partial charge in [0.2, 0.25) is 0 Å². The Balaban J connectivity index is 1.22. The third-order valence-electron chi connectivity index (χ3n) is 6.55. The Kier molecular flexibility index (Phi) is 5.39. The summed E-state index contributed by atoms with van der Waals surface area (Å²) in [5.41, 5.74) is 3.14. The van der Waals surface area contributed by atoms with Crippen LogP contribution < -0.4 is 16.0 Å². The molecule has 0 amide bonds. The van der Waals surface area contributed by atoms with Crippen LogP contribution >= 0.6 is 0 Å². The zero-order chi connectivity index (χ0) is 22.0. The summed E-state index contributed by atoms with van der Waals surface area (Å²) in [6, 6.07) is 7.91. The molecular formula is C24H29N9. The average molecular weight is 444 g/mol. The summed E-state index contributed by atoms with van der Waals surface area (Å²) in [6.45, 7) is 3.74. The summed E-state index contributed by atoms with van der Waals surface area (Å²) in [7, 11) is 0. The third kappa shape index (κ3) is 4.41. The molecule has 1 saturated heterocycles. The molecule has 33 heavy (non-hydrogen) atoms. The number of pyridine rings is 1. The molecule has 1 aliphatic heterocycles. The molecule has 4 aromatic rings. The van der Waals surface area contributed by atoms with Crippen LogP contribution in [0.1, 0.15) is 42.9 Å². The van der Waals surface area contributed by atoms with E-state index in [9.17, 15) is 0 Å². The molecular weight excluding hydrogens is 414 g/mol. The first kappa shape index (κ1) is 20.2. The van der Waals surface area contributed by atoms with Gasteiger partial charge in [-0.1, -0.05) is 6.07 Å². The first-order valence-electron chi connectivity index (χ1n) is 11.8. The van der Waals surface area contributed by atoms with Crippen molar-refractivity contribution in [1.29, 1.82) is 0 Å². The Bertz CT molecular complexity index is 1220. The summed E-state index contributed by atoms with van der Waals surface area (Å²) in [4.78, 5) is 13.9. The molecule has 0 atom stereocenters. The van der Waals surface area contributed by atoms with E-state index in [1.54, 1.807) is 12.5 Å². The van der Waals surface area contributed by atoms with Gasteiger partial charge < -0.3 is 16.0 Å². The summed E-state index contributed by atoms with van der Waals surface area (Å²) in [5, 5.41) is 15.2. The zero-order valence-corrected chi connectivity index (χ0v) is 18.6. The largest absolute Gasteiger partial charge is 0.370 e. The Morgan fingerprint density at radius 1 is 1.06 bits per heavy atom. The predicted octanol–water partition coefficient (Wildman–Crippen LogP) is 3.21. The van der Waals surface area contributed by atoms with Crippen molar-refractivity contribution in [3.63, 3.8) is 0 Å². The number of rotatable bonds is 8. The molecule has 2 aliphatic rings. The van der Waals surface area contributed by atoms with Gasteiger partial charge in [0, 0.05) is 30.6 Å². The summed E-state index contributed by atoms with van der Waals surface area (Å²) in [5.74, 6) is 3.96. The highest BCUT2D eigenvalue weighted by Crippen LogP contribution is 2.42. The van der Waals surface area contributed by atoms with Crippen molar-refractivity contribution in [2.24, 2.45) is 5.92 Å². The van der Waals surface area contributed by atoms with E-state index in [4.69, 9.17) is 4.98 Å². The van der Waals surface area contributed by atoms with Gasteiger partial charge in [0.05, 0.1) is 18.4 Å². The third-order valence-corrected chi connectivity index (χ3v) is 6.55. The highest BCUT2D eigenvalue weighted by atomic mass is 15.3. The molecule has 6 rings (SSSR count). The number of hydrogen-bond acceptors (Lipinski definition) is 7. The Morgan fingerprint density at radius 3 is 2.79 bits per heavy atom. The molecule has 1 aliphatic carbocycles. The summed E-state index contributed by atoms with van der Waals surface area (Å²) >= 11 is 0. The van der Waals surface area contributed by atoms with Crippen LogP contribution in [0.25, 0.3) is 11.5 Å². The maximum absolute atomic E-state index is 4.95. The number of aromatic nitrogens is 6. The number of hydrogen-bond donors (Lipinski definition) is 3. The molecule has 0 aromatic carbocycles. The van der Waals surface area contributed by atoms with Gasteiger partial charge in [0.25, 0.3) is 0 Å². The molecule has 170 valence electrons. The molecule has 9 nitrogen and oxygen atoms in total. The van der Waals surface area contributed by atoms with Gasteiger partial charge in [-0.3, -0.25) is 4.57 Å². The van der Waals surface area contributed by atoms with Crippen LogP contribution in [-0.2, 0) is 6.54 Å². The number of imidazole rings is 1. The highest BCUT2D eigenvalue weighted by Gasteiger charge is 2.28. The van der Waals surface area contributed by atoms with E-state index in [1.807, 2.05) is 39.7 Å². The standard InChI is InChI=1S/C24H29N9/c1-2-8-26-22(3-1)32-15-19(29-16-32)13-28-23-11-21(27-12-17-6-9-25-10-7-17)31-24-20(18-4-5-18)14-30-33(23)24/h1-3,8,11,14-18,25,28H,4-7,9-10,12-13H2,(H,27,31). The molecule has 0 radical (unpaired) electrons. The van der Waals surface area contributed by atoms with Gasteiger partial charge in [-0.15, -0.1) is 0 Å². The molecule has 0 spiro atoms. The van der Waals surface area contributed by atoms with Gasteiger partial charge in [-0.25, -0.2) is 15.0 Å². The summed E-state index contributed by atoms with van der Waals surface area (Å²) in [6.07, 6.45) is 12.4. The Hall–Kier alpha value is -3.46. The van der Waals surface area contributed by atoms with E-state index in [1.165, 1.54) is 31.2 Å². The Labute approximate surface area is 192 Å². The molecule has 1 saturated carbocycles. The van der Waals surface area contributed by atoms with Crippen molar-refractivity contribution in [3.05, 3.63) is 60.4 Å². The second-order valence-corrected chi connectivity index (χ2v) is 9.02. The van der Waals surface area contributed by atoms with Crippen molar-refractivity contribution in [1.82, 2.24) is 34.4 Å². The quantitative estimate of drug-likeness (QED) is 0.385. The number of nitrogens with zero attached hydrogens (tertiary/aromatic N) is 6. The second kappa shape index (κ2) is 8.82. The van der Waals surface area contributed by atoms with E-state index in [0.717, 1.165) is 48.4 Å². The lowest BCUT2D eigenvalue weighted by atomic mass is 9.98. The van der Waals surface area contributed by atoms with E-state index >= 15 is 0 Å². The minimum absolute atomic E-state index is 0.589. The van der Waals surface area contributed by atoms with Crippen molar-refractivity contribution >= 4 is 17.3 Å². The fourth-order valence-electron chi connectivity index (χ4n) is 4.48. The maximum atomic E-state index is 4.95. The molecule has 3 N–H and O–H groups in total. The Morgan fingerprint density at radius 2 is 1.97 bits per heavy atom. The minimum atomic E-state index is 0.589. The van der Waals surface area contributed by atoms with Crippen molar-refractivity contribution in [3.8, 4) is 5.82 Å². The molecule has 4 aromatic heterocycles. The van der Waals surface area contributed by atoms with Crippen molar-refractivity contribution in [2.45, 2.75) is 38.1 Å². The van der Waals surface area contributed by atoms with Crippen LogP contribution in [0, 0.1) is 5.92 Å². The normalized spacial score (nSPS) is 16.8. The van der Waals surface area contributed by atoms with Gasteiger partial charge >= 0.3 is 0 Å². The van der Waals surface area contributed by atoms with Gasteiger partial charge in [0.15, 0.2) is 5.65 Å². The lowest BCUT2D eigenvalue weighted by Gasteiger charge is -2.23. The molecule has 0 unspecified atom stereocenters. The predicted molar refractivity (Wildman–Crippen MR) is 128 cm³/mol. The molecule has 5 heterocycles. The number of fused-ring (bicyclic) bond motifs is 1. The lowest BCUT2D eigenvalue weighted by molar-refractivity contribution is 0.389. The van der Waals surface area contributed by atoms with E-state index in [2.05, 4.69) is 37.1 Å². The highest BCUT2D eigenvalue weighted by molar-refractivity contribution is 5.61. The van der Waals surface area contributed by atoms with Crippen LogP contribution in [-0.4, -0.2) is 48.8 Å². The number of piperidine rings is 1. The van der Waals surface area contributed by atoms with Crippen molar-refractivity contribution in [2.75, 3.05) is 30.3 Å². The van der Waals surface area contributed by atoms with Crippen LogP contribution in [0.3, 0.4) is 0 Å². The second-order valence-electron chi connectivity index (χ2n) is 9.02. The maximum Gasteiger partial charge on any atom is 0.163 e. The zero-order valence-electron chi connectivity index (χ0n) is 18.6. The smallest absolute Gasteiger partial charge is 0.163 e. The van der Waals surface area contributed by atoms with Gasteiger partial charge in [0.1, 0.15) is 23.8 Å². The van der Waals surface area contributed by atoms with Crippen molar-refractivity contribution < 1.29 is 0 Å². The monoisotopic (exact) mass is 443 g/mol. The molecule has 9 heteroatoms. The topological polar surface area (TPSA) is 97.0 Å². The lowest BCUT2D eigenvalue weighted by Crippen LogP contribution is -2.31. The average Bonchev–Trinajstić information content (AvgIpc) is 3.44. The fourth-order valence-corrected chi connectivity index (χ4v) is 4.48. The van der Waals surface area contributed by atoms with Crippen LogP contribution in [0.15, 0.2) is 49.2 Å². The number of nitrogens with one attached hydrogen (secondary N) is 3. The SMILES string of the molecule is c1ccc(-n2cnc(CNc3cc(NCC4CCNCC4)nc4c(C5CC5)cnn34)c2)nc1. The van der Waals surface area contributed by atoms with E-state index < -0.39 is 0 Å². The molecule has 0 bridgehead atoms. The van der Waals surface area contributed by atoms with E-state index in [0.29, 0.717) is 18.4 Å². The van der Waals surface area contributed by atoms with Crippen LogP contribution in [0.2, 0.25) is 0 Å². The van der Waals surface area contributed by atoms with Gasteiger partial charge in [-0.05, 0) is 62.7 Å². The van der Waals surface area contributed by atoms with Crippen LogP contribution in [0.5, 0.6) is 0 Å². The fraction of sp³-hybridized carbons (Fsp3) is 0.417. The number of anilines is 2. The summed E-state index contributed by atoms with van der Waals surface area (Å²) < 4.78 is 3.86. The minimum Gasteiger partial charge on any atom is -0.370 e. The first-order chi connectivity index (χ1) is 16.3. The van der Waals surface area contributed by atoms with Gasteiger partial charge in [-0.2, -0.15) is 9.61 Å². The first-order valence-corrected chi connectivity index (χ1v) is 11.8. The van der Waals surface area contributed by atoms with E-state index in [-0.39, 0.29) is 0 Å².